The second kappa shape index (κ2) is 12.9. The van der Waals surface area contributed by atoms with Crippen molar-refractivity contribution in [2.75, 3.05) is 44.2 Å². The van der Waals surface area contributed by atoms with Crippen molar-refractivity contribution in [3.63, 3.8) is 0 Å². The monoisotopic (exact) mass is 756 g/mol. The van der Waals surface area contributed by atoms with Crippen LogP contribution < -0.4 is 9.64 Å². The van der Waals surface area contributed by atoms with Crippen molar-refractivity contribution in [2.24, 2.45) is 11.3 Å². The van der Waals surface area contributed by atoms with E-state index < -0.39 is 42.0 Å². The van der Waals surface area contributed by atoms with Gasteiger partial charge in [-0.25, -0.2) is 26.9 Å². The standard InChI is InChI=1S/C41H37F5N6O3/c1-3-27-30(43)8-5-22-15-26(53)16-28(32(22)27)35-34(44)36-33(31(4-2)47-35)37(51-18-24-6-7-25(19-51)52(24)38(54)29-17-41(29,45)46)49-39(48-36)55-21-40(11-12-40)20-50-13-9-23(42)10-14-50/h1-2,5,8,15-16,23-25,29,53H,6-7,9-14,17-21H2. The summed E-state index contributed by atoms with van der Waals surface area (Å²) >= 11 is 0. The number of fused-ring (bicyclic) bond motifs is 4. The van der Waals surface area contributed by atoms with Crippen LogP contribution in [-0.4, -0.2) is 99.3 Å². The molecular weight excluding hydrogens is 719 g/mol. The first-order chi connectivity index (χ1) is 26.4. The Morgan fingerprint density at radius 1 is 0.982 bits per heavy atom. The lowest BCUT2D eigenvalue weighted by Gasteiger charge is -2.42. The maximum atomic E-state index is 17.2. The zero-order valence-electron chi connectivity index (χ0n) is 29.8. The number of ether oxygens (including phenoxy) is 1. The number of terminal acetylenes is 2. The highest BCUT2D eigenvalue weighted by atomic mass is 19.3. The first-order valence-electron chi connectivity index (χ1n) is 18.6. The van der Waals surface area contributed by atoms with E-state index in [1.165, 1.54) is 18.2 Å². The molecule has 1 N–H and O–H groups in total. The van der Waals surface area contributed by atoms with Gasteiger partial charge in [-0.05, 0) is 68.0 Å². The van der Waals surface area contributed by atoms with Gasteiger partial charge in [0.05, 0.1) is 17.6 Å². The molecule has 14 heteroatoms. The number of amides is 1. The number of benzene rings is 2. The van der Waals surface area contributed by atoms with Gasteiger partial charge in [0.1, 0.15) is 46.4 Å². The van der Waals surface area contributed by atoms with E-state index in [1.54, 1.807) is 4.90 Å². The third-order valence-corrected chi connectivity index (χ3v) is 12.0. The maximum Gasteiger partial charge on any atom is 0.319 e. The Morgan fingerprint density at radius 2 is 1.69 bits per heavy atom. The lowest BCUT2D eigenvalue weighted by Crippen LogP contribution is -2.56. The number of anilines is 1. The molecule has 1 amide bonds. The van der Waals surface area contributed by atoms with E-state index in [1.807, 2.05) is 4.90 Å². The summed E-state index contributed by atoms with van der Waals surface area (Å²) in [4.78, 5) is 32.8. The lowest BCUT2D eigenvalue weighted by molar-refractivity contribution is -0.138. The van der Waals surface area contributed by atoms with Crippen LogP contribution in [0.5, 0.6) is 11.8 Å². The normalized spacial score (nSPS) is 24.2. The number of phenols is 1. The van der Waals surface area contributed by atoms with Crippen molar-refractivity contribution in [2.45, 2.75) is 69.1 Å². The first kappa shape index (κ1) is 35.5. The number of alkyl halides is 3. The molecule has 5 heterocycles. The van der Waals surface area contributed by atoms with Crippen LogP contribution in [-0.2, 0) is 4.79 Å². The second-order valence-electron chi connectivity index (χ2n) is 15.8. The number of hydrogen-bond donors (Lipinski definition) is 1. The number of carbonyl (C=O) groups excluding carboxylic acids is 1. The van der Waals surface area contributed by atoms with Gasteiger partial charge in [-0.1, -0.05) is 12.0 Å². The van der Waals surface area contributed by atoms with Gasteiger partial charge >= 0.3 is 6.01 Å². The topological polar surface area (TPSA) is 94.9 Å². The number of carbonyl (C=O) groups is 1. The van der Waals surface area contributed by atoms with Crippen molar-refractivity contribution < 1.29 is 36.6 Å². The number of aromatic hydroxyl groups is 1. The largest absolute Gasteiger partial charge is 0.508 e. The molecule has 284 valence electrons. The van der Waals surface area contributed by atoms with E-state index in [9.17, 15) is 23.1 Å². The van der Waals surface area contributed by atoms with Gasteiger partial charge in [0.2, 0.25) is 5.91 Å². The highest BCUT2D eigenvalue weighted by Gasteiger charge is 2.64. The summed E-state index contributed by atoms with van der Waals surface area (Å²) in [7, 11) is 0. The van der Waals surface area contributed by atoms with Crippen LogP contribution in [0, 0.1) is 47.7 Å². The van der Waals surface area contributed by atoms with Crippen molar-refractivity contribution in [1.82, 2.24) is 24.8 Å². The Kier molecular flexibility index (Phi) is 8.35. The van der Waals surface area contributed by atoms with Crippen molar-refractivity contribution >= 4 is 33.4 Å². The average molecular weight is 757 g/mol. The third-order valence-electron chi connectivity index (χ3n) is 12.0. The average Bonchev–Trinajstić information content (AvgIpc) is 4.06. The number of aromatic nitrogens is 3. The smallest absolute Gasteiger partial charge is 0.319 e. The molecule has 9 rings (SSSR count). The molecule has 2 bridgehead atoms. The zero-order valence-corrected chi connectivity index (χ0v) is 29.8. The minimum Gasteiger partial charge on any atom is -0.508 e. The summed E-state index contributed by atoms with van der Waals surface area (Å²) in [6.07, 6.45) is 14.4. The molecule has 9 nitrogen and oxygen atoms in total. The SMILES string of the molecule is C#Cc1c(F)ccc2cc(O)cc(-c3nc(C#C)c4c(N5CC6CCC(C5)N6C(=O)C5CC5(F)F)nc(OCC5(CN6CCC(F)CC6)CC5)nc4c3F)c12. The number of piperazine rings is 1. The molecule has 55 heavy (non-hydrogen) atoms. The van der Waals surface area contributed by atoms with E-state index in [0.717, 1.165) is 18.9 Å². The fourth-order valence-corrected chi connectivity index (χ4v) is 8.84. The van der Waals surface area contributed by atoms with Crippen LogP contribution in [0.2, 0.25) is 0 Å². The molecule has 3 aliphatic heterocycles. The number of hydrogen-bond acceptors (Lipinski definition) is 8. The minimum absolute atomic E-state index is 0.00277. The number of rotatable bonds is 8. The molecule has 3 unspecified atom stereocenters. The lowest BCUT2D eigenvalue weighted by atomic mass is 9.95. The van der Waals surface area contributed by atoms with E-state index >= 15 is 8.78 Å². The number of phenolic OH excluding ortho intramolecular Hbond substituents is 1. The molecule has 5 fully saturated rings. The molecule has 2 aliphatic carbocycles. The van der Waals surface area contributed by atoms with Crippen LogP contribution in [0.1, 0.15) is 56.2 Å². The van der Waals surface area contributed by atoms with Crippen LogP contribution >= 0.6 is 0 Å². The molecule has 5 aliphatic rings. The molecule has 2 aromatic carbocycles. The first-order valence-corrected chi connectivity index (χ1v) is 18.6. The van der Waals surface area contributed by atoms with Gasteiger partial charge in [0.25, 0.3) is 5.92 Å². The summed E-state index contributed by atoms with van der Waals surface area (Å²) < 4.78 is 80.4. The second-order valence-corrected chi connectivity index (χ2v) is 15.8. The van der Waals surface area contributed by atoms with Crippen LogP contribution in [0.4, 0.5) is 27.8 Å². The van der Waals surface area contributed by atoms with Crippen molar-refractivity contribution in [3.8, 4) is 47.7 Å². The maximum absolute atomic E-state index is 17.2. The number of halogens is 5. The highest BCUT2D eigenvalue weighted by Crippen LogP contribution is 2.52. The Morgan fingerprint density at radius 3 is 2.33 bits per heavy atom. The van der Waals surface area contributed by atoms with Crippen molar-refractivity contribution in [3.05, 3.63) is 47.2 Å². The number of nitrogens with zero attached hydrogens (tertiary/aromatic N) is 6. The number of piperidine rings is 1. The number of pyridine rings is 1. The van der Waals surface area contributed by atoms with E-state index in [-0.39, 0.29) is 93.6 Å². The molecule has 3 atom stereocenters. The van der Waals surface area contributed by atoms with Gasteiger partial charge in [0.15, 0.2) is 5.82 Å². The summed E-state index contributed by atoms with van der Waals surface area (Å²) in [5.41, 5.74) is -0.958. The molecule has 2 saturated carbocycles. The molecule has 2 aromatic heterocycles. The molecule has 0 spiro atoms. The summed E-state index contributed by atoms with van der Waals surface area (Å²) in [5, 5.41) is 11.3. The highest BCUT2D eigenvalue weighted by molar-refractivity contribution is 6.04. The predicted molar refractivity (Wildman–Crippen MR) is 194 cm³/mol. The number of likely N-dealkylation sites (tertiary alicyclic amines) is 1. The van der Waals surface area contributed by atoms with Crippen LogP contribution in [0.15, 0.2) is 24.3 Å². The van der Waals surface area contributed by atoms with Gasteiger partial charge in [-0.2, -0.15) is 9.97 Å². The van der Waals surface area contributed by atoms with E-state index in [0.29, 0.717) is 50.7 Å². The Balaban J connectivity index is 1.14. The zero-order chi connectivity index (χ0) is 38.4. The fourth-order valence-electron chi connectivity index (χ4n) is 8.84. The Hall–Kier alpha value is -5.21. The van der Waals surface area contributed by atoms with E-state index in [4.69, 9.17) is 22.6 Å². The van der Waals surface area contributed by atoms with Gasteiger partial charge in [-0.15, -0.1) is 12.8 Å². The quantitative estimate of drug-likeness (QED) is 0.168. The Labute approximate surface area is 313 Å². The summed E-state index contributed by atoms with van der Waals surface area (Å²) in [5.74, 6) is -1.69. The van der Waals surface area contributed by atoms with E-state index in [2.05, 4.69) is 26.7 Å². The van der Waals surface area contributed by atoms with Crippen molar-refractivity contribution in [1.29, 1.82) is 0 Å². The molecule has 0 radical (unpaired) electrons. The minimum atomic E-state index is -3.00. The predicted octanol–water partition coefficient (Wildman–Crippen LogP) is 6.22. The molecule has 4 aromatic rings. The molecular formula is C41H37F5N6O3. The van der Waals surface area contributed by atoms with Gasteiger partial charge < -0.3 is 24.5 Å². The summed E-state index contributed by atoms with van der Waals surface area (Å²) in [6, 6.07) is 4.29. The summed E-state index contributed by atoms with van der Waals surface area (Å²) in [6.45, 7) is 2.67. The van der Waals surface area contributed by atoms with Crippen LogP contribution in [0.3, 0.4) is 0 Å². The molecule has 3 saturated heterocycles. The van der Waals surface area contributed by atoms with Crippen LogP contribution in [0.25, 0.3) is 32.9 Å². The van der Waals surface area contributed by atoms with Gasteiger partial charge in [-0.3, -0.25) is 4.79 Å². The van der Waals surface area contributed by atoms with Gasteiger partial charge in [0, 0.05) is 67.6 Å². The Bertz CT molecular complexity index is 2330. The fraction of sp³-hybridized carbons (Fsp3) is 0.463. The third kappa shape index (κ3) is 6.15.